The van der Waals surface area contributed by atoms with Gasteiger partial charge in [0.1, 0.15) is 6.61 Å². The smallest absolute Gasteiger partial charge is 0.166 e. The molecule has 1 unspecified atom stereocenters. The molecule has 122 valence electrons. The second kappa shape index (κ2) is 8.02. The fraction of sp³-hybridized carbons (Fsp3) is 0.400. The van der Waals surface area contributed by atoms with Crippen molar-refractivity contribution in [1.29, 1.82) is 0 Å². The Kier molecular flexibility index (Phi) is 5.54. The Bertz CT molecular complexity index is 606. The van der Waals surface area contributed by atoms with E-state index in [2.05, 4.69) is 29.6 Å². The number of nitrogens with one attached hydrogen (secondary N) is 1. The van der Waals surface area contributed by atoms with Crippen LogP contribution in [-0.2, 0) is 6.61 Å². The predicted molar refractivity (Wildman–Crippen MR) is 93.0 cm³/mol. The molecule has 1 aliphatic heterocycles. The average molecular weight is 311 g/mol. The Balaban J connectivity index is 1.84. The summed E-state index contributed by atoms with van der Waals surface area (Å²) in [4.78, 5) is 0. The van der Waals surface area contributed by atoms with Gasteiger partial charge in [-0.05, 0) is 37.9 Å². The lowest BCUT2D eigenvalue weighted by Crippen LogP contribution is -2.27. The van der Waals surface area contributed by atoms with E-state index in [1.165, 1.54) is 24.0 Å². The van der Waals surface area contributed by atoms with E-state index in [0.29, 0.717) is 19.3 Å². The molecule has 2 aromatic rings. The Morgan fingerprint density at radius 1 is 1.00 bits per heavy atom. The monoisotopic (exact) mass is 311 g/mol. The third kappa shape index (κ3) is 4.05. The highest BCUT2D eigenvalue weighted by Crippen LogP contribution is 2.38. The molecule has 3 rings (SSSR count). The number of ether oxygens (including phenoxy) is 2. The standard InChI is InChI=1S/C20H25NO2/c1-2-22-19-13-8-11-17(18-12-6-7-14-21-18)20(19)23-15-16-9-4-3-5-10-16/h3-5,8-11,13,18,21H,2,6-7,12,14-15H2,1H3. The zero-order valence-electron chi connectivity index (χ0n) is 13.8. The molecule has 0 radical (unpaired) electrons. The highest BCUT2D eigenvalue weighted by Gasteiger charge is 2.21. The molecule has 2 aromatic carbocycles. The van der Waals surface area contributed by atoms with Gasteiger partial charge in [0.25, 0.3) is 0 Å². The van der Waals surface area contributed by atoms with Crippen molar-refractivity contribution in [2.45, 2.75) is 38.8 Å². The van der Waals surface area contributed by atoms with E-state index in [9.17, 15) is 0 Å². The Morgan fingerprint density at radius 3 is 2.61 bits per heavy atom. The first-order valence-corrected chi connectivity index (χ1v) is 8.54. The normalized spacial score (nSPS) is 17.7. The van der Waals surface area contributed by atoms with Gasteiger partial charge in [-0.25, -0.2) is 0 Å². The molecule has 0 aliphatic carbocycles. The summed E-state index contributed by atoms with van der Waals surface area (Å²) in [5.41, 5.74) is 2.38. The maximum absolute atomic E-state index is 6.20. The van der Waals surface area contributed by atoms with Crippen molar-refractivity contribution in [2.75, 3.05) is 13.2 Å². The molecule has 0 bridgehead atoms. The molecule has 1 fully saturated rings. The highest BCUT2D eigenvalue weighted by molar-refractivity contribution is 5.48. The van der Waals surface area contributed by atoms with Gasteiger partial charge in [-0.15, -0.1) is 0 Å². The van der Waals surface area contributed by atoms with Crippen molar-refractivity contribution in [3.8, 4) is 11.5 Å². The second-order valence-electron chi connectivity index (χ2n) is 5.88. The summed E-state index contributed by atoms with van der Waals surface area (Å²) in [5, 5.41) is 3.61. The number of piperidine rings is 1. The minimum Gasteiger partial charge on any atom is -0.490 e. The number of hydrogen-bond donors (Lipinski definition) is 1. The van der Waals surface area contributed by atoms with Crippen LogP contribution < -0.4 is 14.8 Å². The van der Waals surface area contributed by atoms with E-state index in [0.717, 1.165) is 24.5 Å². The highest BCUT2D eigenvalue weighted by atomic mass is 16.5. The topological polar surface area (TPSA) is 30.5 Å². The van der Waals surface area contributed by atoms with Gasteiger partial charge in [-0.3, -0.25) is 0 Å². The zero-order valence-corrected chi connectivity index (χ0v) is 13.8. The maximum Gasteiger partial charge on any atom is 0.166 e. The van der Waals surface area contributed by atoms with Crippen LogP contribution in [0, 0.1) is 0 Å². The molecule has 0 aromatic heterocycles. The zero-order chi connectivity index (χ0) is 15.9. The van der Waals surface area contributed by atoms with Crippen LogP contribution in [-0.4, -0.2) is 13.2 Å². The van der Waals surface area contributed by atoms with Gasteiger partial charge >= 0.3 is 0 Å². The molecular weight excluding hydrogens is 286 g/mol. The van der Waals surface area contributed by atoms with Crippen LogP contribution in [0.2, 0.25) is 0 Å². The fourth-order valence-corrected chi connectivity index (χ4v) is 3.08. The van der Waals surface area contributed by atoms with Gasteiger partial charge < -0.3 is 14.8 Å². The van der Waals surface area contributed by atoms with Crippen molar-refractivity contribution in [3.63, 3.8) is 0 Å². The summed E-state index contributed by atoms with van der Waals surface area (Å²) in [6.07, 6.45) is 3.66. The summed E-state index contributed by atoms with van der Waals surface area (Å²) in [5.74, 6) is 1.73. The first-order valence-electron chi connectivity index (χ1n) is 8.54. The lowest BCUT2D eigenvalue weighted by atomic mass is 9.96. The third-order valence-electron chi connectivity index (χ3n) is 4.22. The Hall–Kier alpha value is -2.00. The van der Waals surface area contributed by atoms with E-state index in [1.54, 1.807) is 0 Å². The van der Waals surface area contributed by atoms with E-state index in [1.807, 2.05) is 31.2 Å². The third-order valence-corrected chi connectivity index (χ3v) is 4.22. The number of para-hydroxylation sites is 1. The Morgan fingerprint density at radius 2 is 1.87 bits per heavy atom. The lowest BCUT2D eigenvalue weighted by Gasteiger charge is -2.26. The maximum atomic E-state index is 6.20. The number of hydrogen-bond acceptors (Lipinski definition) is 3. The van der Waals surface area contributed by atoms with Crippen molar-refractivity contribution < 1.29 is 9.47 Å². The number of rotatable bonds is 6. The van der Waals surface area contributed by atoms with E-state index < -0.39 is 0 Å². The molecule has 0 spiro atoms. The van der Waals surface area contributed by atoms with Crippen LogP contribution in [0.5, 0.6) is 11.5 Å². The van der Waals surface area contributed by atoms with Gasteiger partial charge in [0.2, 0.25) is 0 Å². The molecule has 1 saturated heterocycles. The molecule has 0 saturated carbocycles. The molecule has 1 heterocycles. The van der Waals surface area contributed by atoms with Gasteiger partial charge in [-0.2, -0.15) is 0 Å². The molecule has 1 aliphatic rings. The van der Waals surface area contributed by atoms with Crippen LogP contribution in [0.3, 0.4) is 0 Å². The largest absolute Gasteiger partial charge is 0.490 e. The average Bonchev–Trinajstić information content (AvgIpc) is 2.62. The summed E-state index contributed by atoms with van der Waals surface area (Å²) < 4.78 is 12.0. The van der Waals surface area contributed by atoms with Crippen molar-refractivity contribution in [1.82, 2.24) is 5.32 Å². The molecule has 0 amide bonds. The summed E-state index contributed by atoms with van der Waals surface area (Å²) >= 11 is 0. The van der Waals surface area contributed by atoms with Crippen LogP contribution in [0.1, 0.15) is 43.4 Å². The molecule has 23 heavy (non-hydrogen) atoms. The summed E-state index contributed by atoms with van der Waals surface area (Å²) in [7, 11) is 0. The van der Waals surface area contributed by atoms with Gasteiger partial charge in [0, 0.05) is 11.6 Å². The Labute approximate surface area is 138 Å². The summed E-state index contributed by atoms with van der Waals surface area (Å²) in [6, 6.07) is 16.8. The van der Waals surface area contributed by atoms with E-state index in [4.69, 9.17) is 9.47 Å². The number of benzene rings is 2. The molecule has 1 atom stereocenters. The summed E-state index contributed by atoms with van der Waals surface area (Å²) in [6.45, 7) is 4.28. The van der Waals surface area contributed by atoms with Gasteiger partial charge in [0.15, 0.2) is 11.5 Å². The fourth-order valence-electron chi connectivity index (χ4n) is 3.08. The van der Waals surface area contributed by atoms with Crippen LogP contribution in [0.25, 0.3) is 0 Å². The van der Waals surface area contributed by atoms with Crippen LogP contribution in [0.4, 0.5) is 0 Å². The van der Waals surface area contributed by atoms with E-state index in [-0.39, 0.29) is 0 Å². The van der Waals surface area contributed by atoms with Crippen molar-refractivity contribution >= 4 is 0 Å². The van der Waals surface area contributed by atoms with Crippen LogP contribution >= 0.6 is 0 Å². The van der Waals surface area contributed by atoms with Crippen LogP contribution in [0.15, 0.2) is 48.5 Å². The van der Waals surface area contributed by atoms with Crippen molar-refractivity contribution in [2.24, 2.45) is 0 Å². The van der Waals surface area contributed by atoms with Gasteiger partial charge in [0.05, 0.1) is 6.61 Å². The molecule has 3 nitrogen and oxygen atoms in total. The molecule has 3 heteroatoms. The SMILES string of the molecule is CCOc1cccc(C2CCCCN2)c1OCc1ccccc1. The quantitative estimate of drug-likeness (QED) is 0.853. The van der Waals surface area contributed by atoms with Gasteiger partial charge in [-0.1, -0.05) is 48.9 Å². The minimum atomic E-state index is 0.356. The predicted octanol–water partition coefficient (Wildman–Crippen LogP) is 4.48. The lowest BCUT2D eigenvalue weighted by molar-refractivity contribution is 0.261. The second-order valence-corrected chi connectivity index (χ2v) is 5.88. The first kappa shape index (κ1) is 15.9. The van der Waals surface area contributed by atoms with Crippen molar-refractivity contribution in [3.05, 3.63) is 59.7 Å². The first-order chi connectivity index (χ1) is 11.4. The molecule has 1 N–H and O–H groups in total. The van der Waals surface area contributed by atoms with E-state index >= 15 is 0 Å². The minimum absolute atomic E-state index is 0.356. The molecular formula is C20H25NO2.